The van der Waals surface area contributed by atoms with E-state index in [2.05, 4.69) is 48.4 Å². The van der Waals surface area contributed by atoms with Gasteiger partial charge in [-0.15, -0.1) is 0 Å². The molecule has 1 heterocycles. The van der Waals surface area contributed by atoms with Gasteiger partial charge in [0, 0.05) is 5.39 Å². The number of methoxy groups -OCH3 is 1. The molecule has 1 unspecified atom stereocenters. The highest BCUT2D eigenvalue weighted by molar-refractivity contribution is 6.02. The molecule has 0 aliphatic rings. The summed E-state index contributed by atoms with van der Waals surface area (Å²) in [7, 11) is 1.40. The number of aromatic nitrogens is 2. The van der Waals surface area contributed by atoms with Gasteiger partial charge in [-0.3, -0.25) is 4.68 Å². The minimum absolute atomic E-state index is 0.0156. The molecule has 0 saturated carbocycles. The van der Waals surface area contributed by atoms with Crippen molar-refractivity contribution >= 4 is 16.9 Å². The first-order valence-corrected chi connectivity index (χ1v) is 8.89. The third-order valence-electron chi connectivity index (χ3n) is 4.89. The van der Waals surface area contributed by atoms with Gasteiger partial charge >= 0.3 is 5.97 Å². The Morgan fingerprint density at radius 1 is 0.926 bits per heavy atom. The Labute approximate surface area is 158 Å². The largest absolute Gasteiger partial charge is 0.465 e. The van der Waals surface area contributed by atoms with Crippen LogP contribution in [-0.2, 0) is 4.74 Å². The number of fused-ring (bicyclic) bond motifs is 1. The molecule has 3 aromatic carbocycles. The van der Waals surface area contributed by atoms with Crippen LogP contribution in [0.4, 0.5) is 0 Å². The standard InChI is InChI=1S/C23H20N2O2/c1-16(17-11-13-19(14-12-17)18-7-4-3-5-8-18)25-22-20(15-24-25)9-6-10-21(22)23(26)27-2/h3-16H,1-2H3. The Balaban J connectivity index is 1.73. The van der Waals surface area contributed by atoms with Crippen molar-refractivity contribution in [1.82, 2.24) is 9.78 Å². The van der Waals surface area contributed by atoms with E-state index in [4.69, 9.17) is 4.74 Å². The predicted octanol–water partition coefficient (Wildman–Crippen LogP) is 5.10. The molecule has 4 rings (SSSR count). The highest BCUT2D eigenvalue weighted by Gasteiger charge is 2.18. The molecule has 0 aliphatic heterocycles. The lowest BCUT2D eigenvalue weighted by molar-refractivity contribution is 0.0602. The first-order chi connectivity index (χ1) is 13.2. The number of hydrogen-bond acceptors (Lipinski definition) is 3. The van der Waals surface area contributed by atoms with E-state index >= 15 is 0 Å². The number of carbonyl (C=O) groups excluding carboxylic acids is 1. The third-order valence-corrected chi connectivity index (χ3v) is 4.89. The molecule has 0 spiro atoms. The molecule has 1 atom stereocenters. The lowest BCUT2D eigenvalue weighted by Gasteiger charge is -2.16. The summed E-state index contributed by atoms with van der Waals surface area (Å²) in [6, 6.07) is 24.3. The molecule has 0 aliphatic carbocycles. The van der Waals surface area contributed by atoms with Crippen LogP contribution in [0.2, 0.25) is 0 Å². The first kappa shape index (κ1) is 17.0. The average Bonchev–Trinajstić information content (AvgIpc) is 3.17. The van der Waals surface area contributed by atoms with Crippen molar-refractivity contribution in [3.63, 3.8) is 0 Å². The minimum atomic E-state index is -0.353. The molecule has 0 fully saturated rings. The Kier molecular flexibility index (Phi) is 4.47. The van der Waals surface area contributed by atoms with E-state index in [0.717, 1.165) is 16.5 Å². The van der Waals surface area contributed by atoms with Crippen molar-refractivity contribution in [3.8, 4) is 11.1 Å². The molecular formula is C23H20N2O2. The van der Waals surface area contributed by atoms with Crippen LogP contribution in [0.15, 0.2) is 79.0 Å². The fourth-order valence-electron chi connectivity index (χ4n) is 3.40. The maximum absolute atomic E-state index is 12.2. The van der Waals surface area contributed by atoms with Gasteiger partial charge in [0.2, 0.25) is 0 Å². The molecular weight excluding hydrogens is 336 g/mol. The summed E-state index contributed by atoms with van der Waals surface area (Å²) in [5.74, 6) is -0.353. The minimum Gasteiger partial charge on any atom is -0.465 e. The zero-order valence-corrected chi connectivity index (χ0v) is 15.3. The molecule has 4 aromatic rings. The van der Waals surface area contributed by atoms with Gasteiger partial charge in [0.25, 0.3) is 0 Å². The van der Waals surface area contributed by atoms with Crippen LogP contribution in [0.5, 0.6) is 0 Å². The second-order valence-corrected chi connectivity index (χ2v) is 6.49. The zero-order chi connectivity index (χ0) is 18.8. The van der Waals surface area contributed by atoms with Gasteiger partial charge in [0.15, 0.2) is 0 Å². The van der Waals surface area contributed by atoms with Gasteiger partial charge in [0.05, 0.1) is 30.4 Å². The molecule has 4 heteroatoms. The molecule has 0 bridgehead atoms. The summed E-state index contributed by atoms with van der Waals surface area (Å²) in [6.45, 7) is 2.08. The molecule has 27 heavy (non-hydrogen) atoms. The van der Waals surface area contributed by atoms with Gasteiger partial charge in [-0.05, 0) is 29.7 Å². The maximum Gasteiger partial charge on any atom is 0.340 e. The van der Waals surface area contributed by atoms with Crippen molar-refractivity contribution in [1.29, 1.82) is 0 Å². The topological polar surface area (TPSA) is 44.1 Å². The number of hydrogen-bond donors (Lipinski definition) is 0. The van der Waals surface area contributed by atoms with E-state index in [9.17, 15) is 4.79 Å². The molecule has 4 nitrogen and oxygen atoms in total. The van der Waals surface area contributed by atoms with Gasteiger partial charge in [-0.25, -0.2) is 4.79 Å². The van der Waals surface area contributed by atoms with Crippen LogP contribution >= 0.6 is 0 Å². The number of para-hydroxylation sites is 1. The number of nitrogens with zero attached hydrogens (tertiary/aromatic N) is 2. The van der Waals surface area contributed by atoms with Crippen molar-refractivity contribution in [2.75, 3.05) is 7.11 Å². The Hall–Kier alpha value is -3.40. The van der Waals surface area contributed by atoms with Crippen molar-refractivity contribution in [2.24, 2.45) is 0 Å². The van der Waals surface area contributed by atoms with E-state index in [1.54, 1.807) is 12.3 Å². The first-order valence-electron chi connectivity index (χ1n) is 8.89. The van der Waals surface area contributed by atoms with Crippen molar-refractivity contribution in [3.05, 3.63) is 90.1 Å². The van der Waals surface area contributed by atoms with Crippen molar-refractivity contribution in [2.45, 2.75) is 13.0 Å². The quantitative estimate of drug-likeness (QED) is 0.478. The fourth-order valence-corrected chi connectivity index (χ4v) is 3.40. The van der Waals surface area contributed by atoms with Gasteiger partial charge in [-0.2, -0.15) is 5.10 Å². The summed E-state index contributed by atoms with van der Waals surface area (Å²) in [5, 5.41) is 5.46. The highest BCUT2D eigenvalue weighted by Crippen LogP contribution is 2.28. The zero-order valence-electron chi connectivity index (χ0n) is 15.3. The van der Waals surface area contributed by atoms with E-state index in [0.29, 0.717) is 5.56 Å². The summed E-state index contributed by atoms with van der Waals surface area (Å²) in [6.07, 6.45) is 1.79. The lowest BCUT2D eigenvalue weighted by Crippen LogP contribution is -2.11. The molecule has 0 N–H and O–H groups in total. The average molecular weight is 356 g/mol. The normalized spacial score (nSPS) is 12.1. The number of benzene rings is 3. The van der Waals surface area contributed by atoms with Crippen LogP contribution in [0, 0.1) is 0 Å². The third kappa shape index (κ3) is 3.10. The SMILES string of the molecule is COC(=O)c1cccc2cnn(C(C)c3ccc(-c4ccccc4)cc3)c12. The Bertz CT molecular complexity index is 1080. The van der Waals surface area contributed by atoms with Crippen LogP contribution in [-0.4, -0.2) is 22.9 Å². The summed E-state index contributed by atoms with van der Waals surface area (Å²) in [5.41, 5.74) is 4.81. The molecule has 134 valence electrons. The summed E-state index contributed by atoms with van der Waals surface area (Å²) in [4.78, 5) is 12.2. The fraction of sp³-hybridized carbons (Fsp3) is 0.130. The highest BCUT2D eigenvalue weighted by atomic mass is 16.5. The monoisotopic (exact) mass is 356 g/mol. The van der Waals surface area contributed by atoms with Crippen LogP contribution in [0.25, 0.3) is 22.0 Å². The second kappa shape index (κ2) is 7.08. The Morgan fingerprint density at radius 3 is 2.33 bits per heavy atom. The van der Waals surface area contributed by atoms with Crippen LogP contribution in [0.3, 0.4) is 0 Å². The van der Waals surface area contributed by atoms with Crippen molar-refractivity contribution < 1.29 is 9.53 Å². The van der Waals surface area contributed by atoms with Gasteiger partial charge in [0.1, 0.15) is 0 Å². The summed E-state index contributed by atoms with van der Waals surface area (Å²) < 4.78 is 6.83. The number of carbonyl (C=O) groups is 1. The predicted molar refractivity (Wildman–Crippen MR) is 107 cm³/mol. The molecule has 0 saturated heterocycles. The second-order valence-electron chi connectivity index (χ2n) is 6.49. The van der Waals surface area contributed by atoms with E-state index in [-0.39, 0.29) is 12.0 Å². The number of esters is 1. The van der Waals surface area contributed by atoms with Crippen LogP contribution in [0.1, 0.15) is 28.9 Å². The van der Waals surface area contributed by atoms with Gasteiger partial charge < -0.3 is 4.74 Å². The molecule has 0 radical (unpaired) electrons. The summed E-state index contributed by atoms with van der Waals surface area (Å²) >= 11 is 0. The lowest BCUT2D eigenvalue weighted by atomic mass is 10.0. The van der Waals surface area contributed by atoms with E-state index in [1.165, 1.54) is 18.2 Å². The number of ether oxygens (including phenoxy) is 1. The maximum atomic E-state index is 12.2. The van der Waals surface area contributed by atoms with Gasteiger partial charge in [-0.1, -0.05) is 66.7 Å². The smallest absolute Gasteiger partial charge is 0.340 e. The van der Waals surface area contributed by atoms with E-state index < -0.39 is 0 Å². The molecule has 1 aromatic heterocycles. The Morgan fingerprint density at radius 2 is 1.63 bits per heavy atom. The van der Waals surface area contributed by atoms with Crippen LogP contribution < -0.4 is 0 Å². The molecule has 0 amide bonds. The van der Waals surface area contributed by atoms with E-state index in [1.807, 2.05) is 35.0 Å². The number of rotatable bonds is 4.